The van der Waals surface area contributed by atoms with Gasteiger partial charge >= 0.3 is 59.1 Å². The summed E-state index contributed by atoms with van der Waals surface area (Å²) in [6.07, 6.45) is 2.31. The third-order valence-electron chi connectivity index (χ3n) is 0.789. The topological polar surface area (TPSA) is 18.5 Å². The predicted molar refractivity (Wildman–Crippen MR) is 35.4 cm³/mol. The summed E-state index contributed by atoms with van der Waals surface area (Å²) in [6, 6.07) is 0. The van der Waals surface area contributed by atoms with Gasteiger partial charge in [0.25, 0.3) is 0 Å². The molecular weight excluding hydrogens is 126 g/mol. The van der Waals surface area contributed by atoms with E-state index in [1.165, 1.54) is 0 Å². The van der Waals surface area contributed by atoms with Crippen LogP contribution in [0.3, 0.4) is 0 Å². The van der Waals surface area contributed by atoms with E-state index in [0.29, 0.717) is 0 Å². The van der Waals surface area contributed by atoms with E-state index in [1.54, 1.807) is 0 Å². The van der Waals surface area contributed by atoms with E-state index in [9.17, 15) is 0 Å². The number of hydrogen-bond donors (Lipinski definition) is 0. The Morgan fingerprint density at radius 2 is 1.12 bits per heavy atom. The fourth-order valence-corrected chi connectivity index (χ4v) is 0.440. The standard InChI is InChI=1S/C4H8O2.2Na.2H/c1-2-4-6-5-3-1;;;;/h1-4H2;;;;. The molecule has 1 rings (SSSR count). The van der Waals surface area contributed by atoms with Gasteiger partial charge in [-0.3, -0.25) is 0 Å². The maximum absolute atomic E-state index is 4.57. The van der Waals surface area contributed by atoms with Crippen LogP contribution in [0.4, 0.5) is 0 Å². The molecule has 1 heterocycles. The average Bonchev–Trinajstić information content (AvgIpc) is 1.72. The molecule has 1 fully saturated rings. The van der Waals surface area contributed by atoms with Crippen molar-refractivity contribution in [3.63, 3.8) is 0 Å². The van der Waals surface area contributed by atoms with Crippen LogP contribution in [0.1, 0.15) is 12.8 Å². The maximum atomic E-state index is 4.57. The van der Waals surface area contributed by atoms with Crippen LogP contribution in [0.5, 0.6) is 0 Å². The normalized spacial score (nSPS) is 18.0. The van der Waals surface area contributed by atoms with Crippen LogP contribution in [0.2, 0.25) is 0 Å². The summed E-state index contributed by atoms with van der Waals surface area (Å²) in [5, 5.41) is 0. The molecule has 0 spiro atoms. The number of hydrogen-bond acceptors (Lipinski definition) is 2. The fraction of sp³-hybridized carbons (Fsp3) is 1.00. The molecule has 0 atom stereocenters. The third-order valence-corrected chi connectivity index (χ3v) is 0.789. The van der Waals surface area contributed by atoms with Crippen molar-refractivity contribution < 1.29 is 9.78 Å². The molecule has 0 unspecified atom stereocenters. The molecule has 0 aromatic heterocycles. The molecule has 0 amide bonds. The molecule has 0 N–H and O–H groups in total. The van der Waals surface area contributed by atoms with Gasteiger partial charge in [-0.25, -0.2) is 9.78 Å². The summed E-state index contributed by atoms with van der Waals surface area (Å²) in [7, 11) is 0. The van der Waals surface area contributed by atoms with E-state index in [2.05, 4.69) is 9.78 Å². The average molecular weight is 136 g/mol. The van der Waals surface area contributed by atoms with Gasteiger partial charge in [0.2, 0.25) is 0 Å². The van der Waals surface area contributed by atoms with Crippen LogP contribution < -0.4 is 0 Å². The zero-order valence-electron chi connectivity index (χ0n) is 3.64. The molecule has 0 aromatic carbocycles. The zero-order valence-corrected chi connectivity index (χ0v) is 3.64. The Labute approximate surface area is 93.8 Å². The Balaban J connectivity index is 0. The summed E-state index contributed by atoms with van der Waals surface area (Å²) in [4.78, 5) is 9.14. The van der Waals surface area contributed by atoms with Crippen LogP contribution in [0, 0.1) is 0 Å². The molecule has 0 bridgehead atoms. The van der Waals surface area contributed by atoms with Crippen molar-refractivity contribution >= 4 is 59.1 Å². The predicted octanol–water partition coefficient (Wildman–Crippen LogP) is -0.569. The van der Waals surface area contributed by atoms with Gasteiger partial charge in [0.15, 0.2) is 0 Å². The molecule has 1 saturated heterocycles. The second kappa shape index (κ2) is 8.92. The fourth-order valence-electron chi connectivity index (χ4n) is 0.440. The Morgan fingerprint density at radius 1 is 0.750 bits per heavy atom. The minimum absolute atomic E-state index is 0. The van der Waals surface area contributed by atoms with E-state index in [1.807, 2.05) is 0 Å². The van der Waals surface area contributed by atoms with Gasteiger partial charge in [0, 0.05) is 0 Å². The molecule has 0 radical (unpaired) electrons. The van der Waals surface area contributed by atoms with Crippen LogP contribution in [0.25, 0.3) is 0 Å². The van der Waals surface area contributed by atoms with E-state index < -0.39 is 0 Å². The molecule has 2 nitrogen and oxygen atoms in total. The van der Waals surface area contributed by atoms with Crippen molar-refractivity contribution in [3.8, 4) is 0 Å². The first-order valence-electron chi connectivity index (χ1n) is 2.24. The Kier molecular flexibility index (Phi) is 14.0. The summed E-state index contributed by atoms with van der Waals surface area (Å²) in [6.45, 7) is 1.56. The van der Waals surface area contributed by atoms with E-state index in [4.69, 9.17) is 0 Å². The van der Waals surface area contributed by atoms with Crippen molar-refractivity contribution in [3.05, 3.63) is 0 Å². The molecule has 4 heteroatoms. The van der Waals surface area contributed by atoms with Crippen molar-refractivity contribution in [1.82, 2.24) is 0 Å². The van der Waals surface area contributed by atoms with Gasteiger partial charge < -0.3 is 0 Å². The second-order valence-corrected chi connectivity index (χ2v) is 1.35. The quantitative estimate of drug-likeness (QED) is 0.328. The van der Waals surface area contributed by atoms with Gasteiger partial charge in [-0.15, -0.1) is 0 Å². The summed E-state index contributed by atoms with van der Waals surface area (Å²) in [5.74, 6) is 0. The monoisotopic (exact) mass is 136 g/mol. The Hall–Kier alpha value is 1.92. The van der Waals surface area contributed by atoms with Crippen molar-refractivity contribution in [1.29, 1.82) is 0 Å². The summed E-state index contributed by atoms with van der Waals surface area (Å²) in [5.41, 5.74) is 0. The van der Waals surface area contributed by atoms with Gasteiger partial charge in [0.1, 0.15) is 0 Å². The first kappa shape index (κ1) is 12.6. The van der Waals surface area contributed by atoms with Crippen LogP contribution >= 0.6 is 0 Å². The van der Waals surface area contributed by atoms with Gasteiger partial charge in [-0.1, -0.05) is 0 Å². The van der Waals surface area contributed by atoms with Gasteiger partial charge in [-0.2, -0.15) is 0 Å². The summed E-state index contributed by atoms with van der Waals surface area (Å²) >= 11 is 0. The van der Waals surface area contributed by atoms with E-state index in [0.717, 1.165) is 26.1 Å². The number of rotatable bonds is 0. The molecule has 1 aliphatic heterocycles. The van der Waals surface area contributed by atoms with Gasteiger partial charge in [-0.05, 0) is 12.8 Å². The third kappa shape index (κ3) is 6.05. The molecule has 1 aliphatic rings. The zero-order chi connectivity index (χ0) is 4.24. The first-order valence-corrected chi connectivity index (χ1v) is 2.24. The molecule has 0 aliphatic carbocycles. The Morgan fingerprint density at radius 3 is 1.25 bits per heavy atom. The van der Waals surface area contributed by atoms with Gasteiger partial charge in [0.05, 0.1) is 13.2 Å². The van der Waals surface area contributed by atoms with Crippen molar-refractivity contribution in [2.75, 3.05) is 13.2 Å². The first-order chi connectivity index (χ1) is 3.00. The summed E-state index contributed by atoms with van der Waals surface area (Å²) < 4.78 is 0. The molecule has 0 saturated carbocycles. The molecule has 40 valence electrons. The SMILES string of the molecule is C1CCOOC1.[NaH].[NaH]. The molecular formula is C4H10Na2O2. The van der Waals surface area contributed by atoms with Crippen molar-refractivity contribution in [2.45, 2.75) is 12.8 Å². The van der Waals surface area contributed by atoms with Crippen molar-refractivity contribution in [2.24, 2.45) is 0 Å². The van der Waals surface area contributed by atoms with E-state index in [-0.39, 0.29) is 59.1 Å². The van der Waals surface area contributed by atoms with E-state index >= 15 is 0 Å². The van der Waals surface area contributed by atoms with Crippen LogP contribution in [-0.2, 0) is 9.78 Å². The minimum atomic E-state index is 0. The van der Waals surface area contributed by atoms with Crippen LogP contribution in [0.15, 0.2) is 0 Å². The molecule has 0 aromatic rings. The Bertz CT molecular complexity index is 27.5. The molecule has 8 heavy (non-hydrogen) atoms. The second-order valence-electron chi connectivity index (χ2n) is 1.35. The van der Waals surface area contributed by atoms with Crippen LogP contribution in [-0.4, -0.2) is 72.3 Å².